The minimum Gasteiger partial charge on any atom is -0.478 e. The Balaban J connectivity index is 2.61. The van der Waals surface area contributed by atoms with Crippen LogP contribution in [0.3, 0.4) is 0 Å². The van der Waals surface area contributed by atoms with Crippen LogP contribution in [0.4, 0.5) is 10.1 Å². The third-order valence-electron chi connectivity index (χ3n) is 4.17. The van der Waals surface area contributed by atoms with Gasteiger partial charge in [0.05, 0.1) is 11.0 Å². The van der Waals surface area contributed by atoms with Crippen molar-refractivity contribution in [3.05, 3.63) is 29.6 Å². The molecule has 1 unspecified atom stereocenters. The zero-order chi connectivity index (χ0) is 15.9. The minimum absolute atomic E-state index is 0.0586. The molecule has 1 aromatic rings. The molecule has 21 heavy (non-hydrogen) atoms. The number of hydrogen-bond donors (Lipinski definition) is 1. The van der Waals surface area contributed by atoms with E-state index in [-0.39, 0.29) is 12.3 Å². The van der Waals surface area contributed by atoms with Gasteiger partial charge in [-0.05, 0) is 25.0 Å². The maximum atomic E-state index is 14.1. The number of carboxylic acid groups (broad SMARTS) is 1. The van der Waals surface area contributed by atoms with E-state index in [2.05, 4.69) is 0 Å². The van der Waals surface area contributed by atoms with Crippen LogP contribution in [0, 0.1) is 17.2 Å². The maximum absolute atomic E-state index is 14.1. The average Bonchev–Trinajstić information content (AvgIpc) is 2.61. The molecule has 0 saturated carbocycles. The van der Waals surface area contributed by atoms with Gasteiger partial charge in [0.1, 0.15) is 11.5 Å². The second-order valence-electron chi connectivity index (χ2n) is 5.72. The van der Waals surface area contributed by atoms with Crippen LogP contribution in [-0.4, -0.2) is 22.9 Å². The predicted molar refractivity (Wildman–Crippen MR) is 73.4 cm³/mol. The van der Waals surface area contributed by atoms with E-state index in [9.17, 15) is 18.8 Å². The molecule has 0 bridgehead atoms. The molecule has 1 heterocycles. The van der Waals surface area contributed by atoms with Gasteiger partial charge in [-0.25, -0.2) is 14.1 Å². The fourth-order valence-electron chi connectivity index (χ4n) is 2.43. The van der Waals surface area contributed by atoms with Crippen molar-refractivity contribution >= 4 is 23.5 Å². The van der Waals surface area contributed by atoms with Crippen molar-refractivity contribution in [3.63, 3.8) is 0 Å². The number of para-hydroxylation sites is 1. The Morgan fingerprint density at radius 3 is 2.48 bits per heavy atom. The van der Waals surface area contributed by atoms with Gasteiger partial charge in [-0.15, -0.1) is 0 Å². The lowest BCUT2D eigenvalue weighted by atomic mass is 9.78. The molecule has 1 aliphatic rings. The molecule has 2 amide bonds. The van der Waals surface area contributed by atoms with E-state index in [1.807, 2.05) is 0 Å². The Hall–Kier alpha value is -2.24. The van der Waals surface area contributed by atoms with Crippen LogP contribution >= 0.6 is 0 Å². The Labute approximate surface area is 121 Å². The highest BCUT2D eigenvalue weighted by molar-refractivity contribution is 6.24. The molecule has 0 radical (unpaired) electrons. The van der Waals surface area contributed by atoms with Crippen LogP contribution in [0.2, 0.25) is 0 Å². The highest BCUT2D eigenvalue weighted by Crippen LogP contribution is 2.42. The van der Waals surface area contributed by atoms with Gasteiger partial charge in [-0.1, -0.05) is 19.9 Å². The van der Waals surface area contributed by atoms with Gasteiger partial charge in [0.15, 0.2) is 0 Å². The summed E-state index contributed by atoms with van der Waals surface area (Å²) >= 11 is 0. The van der Waals surface area contributed by atoms with Crippen LogP contribution in [-0.2, 0) is 9.59 Å². The molecule has 1 saturated heterocycles. The van der Waals surface area contributed by atoms with Gasteiger partial charge >= 0.3 is 5.97 Å². The van der Waals surface area contributed by atoms with Crippen LogP contribution in [0.15, 0.2) is 18.2 Å². The quantitative estimate of drug-likeness (QED) is 0.869. The van der Waals surface area contributed by atoms with Crippen molar-refractivity contribution in [1.29, 1.82) is 0 Å². The van der Waals surface area contributed by atoms with E-state index in [0.717, 1.165) is 6.07 Å². The molecule has 1 N–H and O–H groups in total. The van der Waals surface area contributed by atoms with Crippen molar-refractivity contribution in [2.45, 2.75) is 27.2 Å². The van der Waals surface area contributed by atoms with Crippen LogP contribution in [0.5, 0.6) is 0 Å². The molecular weight excluding hydrogens is 277 g/mol. The third kappa shape index (κ3) is 2.20. The number of carboxylic acids is 1. The van der Waals surface area contributed by atoms with Crippen molar-refractivity contribution in [1.82, 2.24) is 0 Å². The molecule has 1 atom stereocenters. The minimum atomic E-state index is -1.39. The first-order chi connectivity index (χ1) is 9.70. The molecule has 0 aromatic heterocycles. The zero-order valence-electron chi connectivity index (χ0n) is 12.0. The molecule has 2 rings (SSSR count). The number of benzene rings is 1. The molecule has 5 nitrogen and oxygen atoms in total. The Kier molecular flexibility index (Phi) is 3.57. The maximum Gasteiger partial charge on any atom is 0.337 e. The second kappa shape index (κ2) is 4.95. The van der Waals surface area contributed by atoms with E-state index in [1.165, 1.54) is 12.1 Å². The average molecular weight is 293 g/mol. The van der Waals surface area contributed by atoms with E-state index >= 15 is 0 Å². The summed E-state index contributed by atoms with van der Waals surface area (Å²) in [5.74, 6) is -3.55. The van der Waals surface area contributed by atoms with E-state index in [0.29, 0.717) is 4.90 Å². The van der Waals surface area contributed by atoms with Crippen molar-refractivity contribution in [2.24, 2.45) is 11.3 Å². The number of hydrogen-bond acceptors (Lipinski definition) is 3. The molecule has 112 valence electrons. The van der Waals surface area contributed by atoms with E-state index in [4.69, 9.17) is 5.11 Å². The number of amides is 2. The van der Waals surface area contributed by atoms with Gasteiger partial charge in [-0.3, -0.25) is 9.59 Å². The summed E-state index contributed by atoms with van der Waals surface area (Å²) in [6.07, 6.45) is -0.0586. The number of aromatic carboxylic acids is 1. The first-order valence-corrected chi connectivity index (χ1v) is 6.59. The topological polar surface area (TPSA) is 74.7 Å². The number of halogens is 1. The fraction of sp³-hybridized carbons (Fsp3) is 0.400. The molecule has 1 aliphatic heterocycles. The summed E-state index contributed by atoms with van der Waals surface area (Å²) in [5, 5.41) is 9.15. The standard InChI is InChI=1S/C15H16FNO4/c1-8(2)15(3)7-11(18)17(14(15)21)12-9(13(19)20)5-4-6-10(12)16/h4-6,8H,7H2,1-3H3,(H,19,20). The summed E-state index contributed by atoms with van der Waals surface area (Å²) in [5.41, 5.74) is -1.82. The molecule has 1 fully saturated rings. The molecular formula is C15H16FNO4. The van der Waals surface area contributed by atoms with Crippen LogP contribution in [0.25, 0.3) is 0 Å². The lowest BCUT2D eigenvalue weighted by Crippen LogP contribution is -2.38. The normalized spacial score (nSPS) is 22.2. The summed E-state index contributed by atoms with van der Waals surface area (Å²) < 4.78 is 14.1. The van der Waals surface area contributed by atoms with Crippen molar-refractivity contribution < 1.29 is 23.9 Å². The first kappa shape index (κ1) is 15.2. The summed E-state index contributed by atoms with van der Waals surface area (Å²) in [4.78, 5) is 36.6. The first-order valence-electron chi connectivity index (χ1n) is 6.59. The third-order valence-corrected chi connectivity index (χ3v) is 4.17. The number of imide groups is 1. The van der Waals surface area contributed by atoms with Crippen molar-refractivity contribution in [2.75, 3.05) is 4.90 Å². The lowest BCUT2D eigenvalue weighted by Gasteiger charge is -2.26. The highest BCUT2D eigenvalue weighted by atomic mass is 19.1. The molecule has 1 aromatic carbocycles. The van der Waals surface area contributed by atoms with Gasteiger partial charge in [0.2, 0.25) is 11.8 Å². The summed E-state index contributed by atoms with van der Waals surface area (Å²) in [6.45, 7) is 5.24. The molecule has 6 heteroatoms. The second-order valence-corrected chi connectivity index (χ2v) is 5.72. The molecule has 0 aliphatic carbocycles. The largest absolute Gasteiger partial charge is 0.478 e. The highest BCUT2D eigenvalue weighted by Gasteiger charge is 2.51. The number of anilines is 1. The number of nitrogens with zero attached hydrogens (tertiary/aromatic N) is 1. The number of carbonyl (C=O) groups is 3. The van der Waals surface area contributed by atoms with Crippen LogP contribution < -0.4 is 4.90 Å². The van der Waals surface area contributed by atoms with Gasteiger partial charge in [0, 0.05) is 6.42 Å². The van der Waals surface area contributed by atoms with E-state index < -0.39 is 40.3 Å². The monoisotopic (exact) mass is 293 g/mol. The Morgan fingerprint density at radius 1 is 1.38 bits per heavy atom. The SMILES string of the molecule is CC(C)C1(C)CC(=O)N(c2c(F)cccc2C(=O)O)C1=O. The number of carbonyl (C=O) groups excluding carboxylic acids is 2. The molecule has 0 spiro atoms. The predicted octanol–water partition coefficient (Wildman–Crippen LogP) is 2.45. The summed E-state index contributed by atoms with van der Waals surface area (Å²) in [7, 11) is 0. The Morgan fingerprint density at radius 2 is 2.00 bits per heavy atom. The van der Waals surface area contributed by atoms with Crippen molar-refractivity contribution in [3.8, 4) is 0 Å². The smallest absolute Gasteiger partial charge is 0.337 e. The lowest BCUT2D eigenvalue weighted by molar-refractivity contribution is -0.126. The van der Waals surface area contributed by atoms with E-state index in [1.54, 1.807) is 20.8 Å². The summed E-state index contributed by atoms with van der Waals surface area (Å²) in [6, 6.07) is 3.44. The van der Waals surface area contributed by atoms with Gasteiger partial charge in [0.25, 0.3) is 0 Å². The van der Waals surface area contributed by atoms with Gasteiger partial charge in [-0.2, -0.15) is 0 Å². The Bertz CT molecular complexity index is 641. The van der Waals surface area contributed by atoms with Gasteiger partial charge < -0.3 is 5.11 Å². The van der Waals surface area contributed by atoms with Crippen LogP contribution in [0.1, 0.15) is 37.6 Å². The number of rotatable bonds is 3. The fourth-order valence-corrected chi connectivity index (χ4v) is 2.43. The zero-order valence-corrected chi connectivity index (χ0v) is 12.0.